The van der Waals surface area contributed by atoms with Gasteiger partial charge in [0.05, 0.1) is 12.2 Å². The van der Waals surface area contributed by atoms with Crippen molar-refractivity contribution in [1.82, 2.24) is 0 Å². The SMILES string of the molecule is COCCc1ccc(Oc2ccc(C(=O)O)c(Br)c2)cc1. The Labute approximate surface area is 131 Å². The van der Waals surface area contributed by atoms with Crippen molar-refractivity contribution in [3.05, 3.63) is 58.1 Å². The standard InChI is InChI=1S/C16H15BrO4/c1-20-9-8-11-2-4-12(5-3-11)21-13-6-7-14(16(18)19)15(17)10-13/h2-7,10H,8-9H2,1H3,(H,18,19). The summed E-state index contributed by atoms with van der Waals surface area (Å²) in [6.45, 7) is 0.684. The molecule has 0 aliphatic heterocycles. The highest BCUT2D eigenvalue weighted by Gasteiger charge is 2.09. The van der Waals surface area contributed by atoms with E-state index in [-0.39, 0.29) is 5.56 Å². The van der Waals surface area contributed by atoms with Crippen LogP contribution < -0.4 is 4.74 Å². The molecular formula is C16H15BrO4. The van der Waals surface area contributed by atoms with Crippen LogP contribution in [0.1, 0.15) is 15.9 Å². The Hall–Kier alpha value is -1.85. The molecule has 0 aliphatic carbocycles. The Bertz CT molecular complexity index is 623. The highest BCUT2D eigenvalue weighted by Crippen LogP contribution is 2.27. The van der Waals surface area contributed by atoms with Crippen molar-refractivity contribution in [2.45, 2.75) is 6.42 Å². The van der Waals surface area contributed by atoms with Crippen molar-refractivity contribution in [3.8, 4) is 11.5 Å². The Morgan fingerprint density at radius 3 is 2.38 bits per heavy atom. The highest BCUT2D eigenvalue weighted by atomic mass is 79.9. The molecule has 2 rings (SSSR count). The molecule has 1 N–H and O–H groups in total. The largest absolute Gasteiger partial charge is 0.478 e. The van der Waals surface area contributed by atoms with Crippen molar-refractivity contribution in [3.63, 3.8) is 0 Å². The lowest BCUT2D eigenvalue weighted by molar-refractivity contribution is 0.0696. The molecule has 0 radical (unpaired) electrons. The first-order chi connectivity index (χ1) is 10.1. The summed E-state index contributed by atoms with van der Waals surface area (Å²) in [5.41, 5.74) is 1.38. The van der Waals surface area contributed by atoms with Crippen molar-refractivity contribution in [2.75, 3.05) is 13.7 Å². The molecule has 5 heteroatoms. The summed E-state index contributed by atoms with van der Waals surface area (Å²) >= 11 is 3.23. The fraction of sp³-hybridized carbons (Fsp3) is 0.188. The van der Waals surface area contributed by atoms with Crippen molar-refractivity contribution < 1.29 is 19.4 Å². The second-order valence-electron chi connectivity index (χ2n) is 4.44. The number of benzene rings is 2. The first kappa shape index (κ1) is 15.5. The van der Waals surface area contributed by atoms with Gasteiger partial charge in [0.25, 0.3) is 0 Å². The lowest BCUT2D eigenvalue weighted by Gasteiger charge is -2.08. The van der Waals surface area contributed by atoms with E-state index in [1.165, 1.54) is 11.6 Å². The molecule has 4 nitrogen and oxygen atoms in total. The van der Waals surface area contributed by atoms with Crippen LogP contribution in [0.15, 0.2) is 46.9 Å². The van der Waals surface area contributed by atoms with Crippen LogP contribution in [0.5, 0.6) is 11.5 Å². The van der Waals surface area contributed by atoms with E-state index in [0.717, 1.165) is 6.42 Å². The Morgan fingerprint density at radius 2 is 1.81 bits per heavy atom. The maximum atomic E-state index is 10.9. The van der Waals surface area contributed by atoms with Gasteiger partial charge in [-0.2, -0.15) is 0 Å². The summed E-state index contributed by atoms with van der Waals surface area (Å²) in [4.78, 5) is 10.9. The van der Waals surface area contributed by atoms with Crippen molar-refractivity contribution in [1.29, 1.82) is 0 Å². The summed E-state index contributed by atoms with van der Waals surface area (Å²) in [5.74, 6) is 0.304. The van der Waals surface area contributed by atoms with E-state index in [1.807, 2.05) is 24.3 Å². The minimum atomic E-state index is -0.976. The first-order valence-electron chi connectivity index (χ1n) is 6.38. The van der Waals surface area contributed by atoms with Crippen LogP contribution in [-0.2, 0) is 11.2 Å². The number of ether oxygens (including phenoxy) is 2. The normalized spacial score (nSPS) is 10.4. The summed E-state index contributed by atoms with van der Waals surface area (Å²) in [6, 6.07) is 12.5. The second-order valence-corrected chi connectivity index (χ2v) is 5.29. The smallest absolute Gasteiger partial charge is 0.336 e. The molecule has 0 aromatic heterocycles. The maximum Gasteiger partial charge on any atom is 0.336 e. The molecule has 0 saturated heterocycles. The minimum Gasteiger partial charge on any atom is -0.478 e. The van der Waals surface area contributed by atoms with Gasteiger partial charge in [-0.25, -0.2) is 4.79 Å². The first-order valence-corrected chi connectivity index (χ1v) is 7.18. The van der Waals surface area contributed by atoms with Gasteiger partial charge in [0.1, 0.15) is 11.5 Å². The van der Waals surface area contributed by atoms with Crippen LogP contribution in [0, 0.1) is 0 Å². The van der Waals surface area contributed by atoms with Gasteiger partial charge in [-0.1, -0.05) is 12.1 Å². The number of halogens is 1. The molecule has 0 bridgehead atoms. The summed E-state index contributed by atoms with van der Waals surface area (Å²) < 4.78 is 11.2. The van der Waals surface area contributed by atoms with E-state index in [1.54, 1.807) is 19.2 Å². The Kier molecular flexibility index (Phi) is 5.36. The number of rotatable bonds is 6. The number of carboxylic acid groups (broad SMARTS) is 1. The predicted molar refractivity (Wildman–Crippen MR) is 83.2 cm³/mol. The molecule has 0 aliphatic rings. The summed E-state index contributed by atoms with van der Waals surface area (Å²) in [7, 11) is 1.68. The zero-order chi connectivity index (χ0) is 15.2. The van der Waals surface area contributed by atoms with Crippen LogP contribution in [0.25, 0.3) is 0 Å². The monoisotopic (exact) mass is 350 g/mol. The third kappa shape index (κ3) is 4.31. The second kappa shape index (κ2) is 7.24. The van der Waals surface area contributed by atoms with Crippen LogP contribution >= 0.6 is 15.9 Å². The van der Waals surface area contributed by atoms with Gasteiger partial charge in [0, 0.05) is 11.6 Å². The molecular weight excluding hydrogens is 336 g/mol. The van der Waals surface area contributed by atoms with Crippen LogP contribution in [-0.4, -0.2) is 24.8 Å². The number of aromatic carboxylic acids is 1. The molecule has 0 heterocycles. The van der Waals surface area contributed by atoms with Gasteiger partial charge in [0.15, 0.2) is 0 Å². The third-order valence-corrected chi connectivity index (χ3v) is 3.58. The van der Waals surface area contributed by atoms with Crippen LogP contribution in [0.2, 0.25) is 0 Å². The van der Waals surface area contributed by atoms with E-state index in [9.17, 15) is 4.79 Å². The van der Waals surface area contributed by atoms with E-state index < -0.39 is 5.97 Å². The number of hydrogen-bond donors (Lipinski definition) is 1. The predicted octanol–water partition coefficient (Wildman–Crippen LogP) is 4.13. The quantitative estimate of drug-likeness (QED) is 0.850. The Balaban J connectivity index is 2.07. The zero-order valence-electron chi connectivity index (χ0n) is 11.5. The number of carboxylic acids is 1. The Morgan fingerprint density at radius 1 is 1.14 bits per heavy atom. The third-order valence-electron chi connectivity index (χ3n) is 2.92. The van der Waals surface area contributed by atoms with E-state index in [4.69, 9.17) is 14.6 Å². The van der Waals surface area contributed by atoms with Gasteiger partial charge < -0.3 is 14.6 Å². The van der Waals surface area contributed by atoms with Gasteiger partial charge in [-0.3, -0.25) is 0 Å². The number of hydrogen-bond acceptors (Lipinski definition) is 3. The van der Waals surface area contributed by atoms with Crippen LogP contribution in [0.4, 0.5) is 0 Å². The molecule has 0 spiro atoms. The number of methoxy groups -OCH3 is 1. The molecule has 2 aromatic rings. The summed E-state index contributed by atoms with van der Waals surface area (Å²) in [6.07, 6.45) is 0.857. The average Bonchev–Trinajstić information content (AvgIpc) is 2.46. The molecule has 0 saturated carbocycles. The topological polar surface area (TPSA) is 55.8 Å². The molecule has 0 fully saturated rings. The maximum absolute atomic E-state index is 10.9. The molecule has 0 unspecified atom stereocenters. The van der Waals surface area contributed by atoms with Gasteiger partial charge in [0.2, 0.25) is 0 Å². The lowest BCUT2D eigenvalue weighted by Crippen LogP contribution is -1.97. The molecule has 2 aromatic carbocycles. The number of carbonyl (C=O) groups is 1. The molecule has 21 heavy (non-hydrogen) atoms. The van der Waals surface area contributed by atoms with Gasteiger partial charge in [-0.15, -0.1) is 0 Å². The van der Waals surface area contributed by atoms with Gasteiger partial charge in [-0.05, 0) is 58.2 Å². The van der Waals surface area contributed by atoms with E-state index >= 15 is 0 Å². The van der Waals surface area contributed by atoms with E-state index in [2.05, 4.69) is 15.9 Å². The fourth-order valence-corrected chi connectivity index (χ4v) is 2.34. The highest BCUT2D eigenvalue weighted by molar-refractivity contribution is 9.10. The zero-order valence-corrected chi connectivity index (χ0v) is 13.1. The van der Waals surface area contributed by atoms with E-state index in [0.29, 0.717) is 22.6 Å². The van der Waals surface area contributed by atoms with Crippen molar-refractivity contribution in [2.24, 2.45) is 0 Å². The molecule has 0 amide bonds. The average molecular weight is 351 g/mol. The van der Waals surface area contributed by atoms with Gasteiger partial charge >= 0.3 is 5.97 Å². The lowest BCUT2D eigenvalue weighted by atomic mass is 10.1. The fourth-order valence-electron chi connectivity index (χ4n) is 1.81. The summed E-state index contributed by atoms with van der Waals surface area (Å²) in [5, 5.41) is 8.97. The van der Waals surface area contributed by atoms with Crippen molar-refractivity contribution >= 4 is 21.9 Å². The molecule has 110 valence electrons. The molecule has 0 atom stereocenters. The van der Waals surface area contributed by atoms with Crippen LogP contribution in [0.3, 0.4) is 0 Å². The minimum absolute atomic E-state index is 0.206.